The van der Waals surface area contributed by atoms with Crippen molar-refractivity contribution in [2.45, 2.75) is 31.7 Å². The largest absolute Gasteiger partial charge is 0.497 e. The SMILES string of the molecule is CCNC(c1ccc(OC)cc1)C1CCc2ccccc21. The first-order chi connectivity index (χ1) is 10.3. The Labute approximate surface area is 127 Å². The molecule has 1 aliphatic rings. The fourth-order valence-corrected chi connectivity index (χ4v) is 3.46. The molecule has 0 spiro atoms. The maximum Gasteiger partial charge on any atom is 0.118 e. The van der Waals surface area contributed by atoms with Gasteiger partial charge in [0.15, 0.2) is 0 Å². The Balaban J connectivity index is 1.91. The summed E-state index contributed by atoms with van der Waals surface area (Å²) in [5, 5.41) is 3.68. The van der Waals surface area contributed by atoms with Gasteiger partial charge in [0.05, 0.1) is 7.11 Å². The van der Waals surface area contributed by atoms with Crippen LogP contribution in [0.15, 0.2) is 48.5 Å². The van der Waals surface area contributed by atoms with Crippen LogP contribution in [-0.2, 0) is 6.42 Å². The van der Waals surface area contributed by atoms with Crippen molar-refractivity contribution >= 4 is 0 Å². The normalized spacial score (nSPS) is 18.3. The molecule has 2 atom stereocenters. The number of likely N-dealkylation sites (N-methyl/N-ethyl adjacent to an activating group) is 1. The Morgan fingerprint density at radius 2 is 1.90 bits per heavy atom. The highest BCUT2D eigenvalue weighted by Gasteiger charge is 2.29. The van der Waals surface area contributed by atoms with Crippen molar-refractivity contribution in [2.75, 3.05) is 13.7 Å². The van der Waals surface area contributed by atoms with Gasteiger partial charge in [0.1, 0.15) is 5.75 Å². The minimum atomic E-state index is 0.379. The number of ether oxygens (including phenoxy) is 1. The van der Waals surface area contributed by atoms with Gasteiger partial charge in [0.25, 0.3) is 0 Å². The van der Waals surface area contributed by atoms with E-state index in [1.54, 1.807) is 7.11 Å². The van der Waals surface area contributed by atoms with Crippen LogP contribution in [0, 0.1) is 0 Å². The summed E-state index contributed by atoms with van der Waals surface area (Å²) in [6.07, 6.45) is 2.42. The molecule has 0 saturated carbocycles. The van der Waals surface area contributed by atoms with E-state index in [2.05, 4.69) is 60.8 Å². The average molecular weight is 281 g/mol. The van der Waals surface area contributed by atoms with Gasteiger partial charge in [-0.25, -0.2) is 0 Å². The third-order valence-electron chi connectivity index (χ3n) is 4.48. The van der Waals surface area contributed by atoms with Crippen molar-refractivity contribution in [1.29, 1.82) is 0 Å². The average Bonchev–Trinajstić information content (AvgIpc) is 2.97. The minimum Gasteiger partial charge on any atom is -0.497 e. The van der Waals surface area contributed by atoms with Gasteiger partial charge in [0, 0.05) is 12.0 Å². The summed E-state index contributed by atoms with van der Waals surface area (Å²) in [4.78, 5) is 0. The van der Waals surface area contributed by atoms with Gasteiger partial charge in [-0.05, 0) is 48.2 Å². The smallest absolute Gasteiger partial charge is 0.118 e. The first-order valence-corrected chi connectivity index (χ1v) is 7.78. The summed E-state index contributed by atoms with van der Waals surface area (Å²) in [5.41, 5.74) is 4.37. The molecule has 0 aromatic heterocycles. The van der Waals surface area contributed by atoms with E-state index in [1.807, 2.05) is 0 Å². The maximum absolute atomic E-state index is 5.27. The predicted octanol–water partition coefficient (Wildman–Crippen LogP) is 4.08. The summed E-state index contributed by atoms with van der Waals surface area (Å²) in [7, 11) is 1.71. The van der Waals surface area contributed by atoms with Crippen LogP contribution in [-0.4, -0.2) is 13.7 Å². The number of rotatable bonds is 5. The lowest BCUT2D eigenvalue weighted by molar-refractivity contribution is 0.413. The summed E-state index contributed by atoms with van der Waals surface area (Å²) in [6, 6.07) is 17.7. The van der Waals surface area contributed by atoms with Gasteiger partial charge in [0.2, 0.25) is 0 Å². The van der Waals surface area contributed by atoms with Crippen LogP contribution >= 0.6 is 0 Å². The summed E-state index contributed by atoms with van der Waals surface area (Å²) in [6.45, 7) is 3.16. The molecule has 0 bridgehead atoms. The molecule has 2 aromatic rings. The molecule has 2 nitrogen and oxygen atoms in total. The second kappa shape index (κ2) is 6.31. The molecule has 2 heteroatoms. The fourth-order valence-electron chi connectivity index (χ4n) is 3.46. The first kappa shape index (κ1) is 14.2. The van der Waals surface area contributed by atoms with E-state index in [1.165, 1.54) is 29.5 Å². The van der Waals surface area contributed by atoms with E-state index in [4.69, 9.17) is 4.74 Å². The lowest BCUT2D eigenvalue weighted by atomic mass is 9.88. The van der Waals surface area contributed by atoms with Gasteiger partial charge in [-0.15, -0.1) is 0 Å². The maximum atomic E-state index is 5.27. The monoisotopic (exact) mass is 281 g/mol. The number of aryl methyl sites for hydroxylation is 1. The topological polar surface area (TPSA) is 21.3 Å². The Bertz CT molecular complexity index is 591. The van der Waals surface area contributed by atoms with Crippen LogP contribution in [0.4, 0.5) is 0 Å². The molecular weight excluding hydrogens is 258 g/mol. The molecule has 0 fully saturated rings. The number of benzene rings is 2. The minimum absolute atomic E-state index is 0.379. The van der Waals surface area contributed by atoms with Gasteiger partial charge in [-0.2, -0.15) is 0 Å². The van der Waals surface area contributed by atoms with Crippen LogP contribution in [0.5, 0.6) is 5.75 Å². The summed E-state index contributed by atoms with van der Waals surface area (Å²) < 4.78 is 5.27. The molecule has 1 aliphatic carbocycles. The van der Waals surface area contributed by atoms with Crippen LogP contribution in [0.25, 0.3) is 0 Å². The highest BCUT2D eigenvalue weighted by atomic mass is 16.5. The number of hydrogen-bond acceptors (Lipinski definition) is 2. The van der Waals surface area contributed by atoms with Crippen LogP contribution in [0.1, 0.15) is 42.0 Å². The van der Waals surface area contributed by atoms with Crippen LogP contribution in [0.3, 0.4) is 0 Å². The molecule has 0 heterocycles. The summed E-state index contributed by atoms with van der Waals surface area (Å²) >= 11 is 0. The standard InChI is InChI=1S/C19H23NO/c1-3-20-19(15-8-11-16(21-2)12-9-15)18-13-10-14-6-4-5-7-17(14)18/h4-9,11-12,18-20H,3,10,13H2,1-2H3. The van der Waals surface area contributed by atoms with Crippen LogP contribution in [0.2, 0.25) is 0 Å². The molecule has 21 heavy (non-hydrogen) atoms. The van der Waals surface area contributed by atoms with Crippen molar-refractivity contribution in [1.82, 2.24) is 5.32 Å². The lowest BCUT2D eigenvalue weighted by Gasteiger charge is -2.26. The lowest BCUT2D eigenvalue weighted by Crippen LogP contribution is -2.26. The molecule has 2 aromatic carbocycles. The number of nitrogens with one attached hydrogen (secondary N) is 1. The zero-order chi connectivity index (χ0) is 14.7. The Morgan fingerprint density at radius 1 is 1.14 bits per heavy atom. The molecule has 0 radical (unpaired) electrons. The third kappa shape index (κ3) is 2.81. The summed E-state index contributed by atoms with van der Waals surface area (Å²) in [5.74, 6) is 1.48. The fraction of sp³-hybridized carbons (Fsp3) is 0.368. The van der Waals surface area contributed by atoms with Crippen molar-refractivity contribution in [3.63, 3.8) is 0 Å². The number of fused-ring (bicyclic) bond motifs is 1. The van der Waals surface area contributed by atoms with E-state index in [0.29, 0.717) is 12.0 Å². The Kier molecular flexibility index (Phi) is 4.26. The molecule has 3 rings (SSSR count). The molecular formula is C19H23NO. The van der Waals surface area contributed by atoms with Crippen LogP contribution < -0.4 is 10.1 Å². The highest BCUT2D eigenvalue weighted by molar-refractivity contribution is 5.39. The molecule has 0 aliphatic heterocycles. The Morgan fingerprint density at radius 3 is 2.62 bits per heavy atom. The number of methoxy groups -OCH3 is 1. The van der Waals surface area contributed by atoms with E-state index < -0.39 is 0 Å². The molecule has 2 unspecified atom stereocenters. The van der Waals surface area contributed by atoms with E-state index in [-0.39, 0.29) is 0 Å². The van der Waals surface area contributed by atoms with Crippen molar-refractivity contribution in [2.24, 2.45) is 0 Å². The second-order valence-electron chi connectivity index (χ2n) is 5.65. The first-order valence-electron chi connectivity index (χ1n) is 7.78. The van der Waals surface area contributed by atoms with Gasteiger partial charge < -0.3 is 10.1 Å². The molecule has 0 saturated heterocycles. The number of hydrogen-bond donors (Lipinski definition) is 1. The van der Waals surface area contributed by atoms with Gasteiger partial charge in [-0.3, -0.25) is 0 Å². The van der Waals surface area contributed by atoms with Crippen molar-refractivity contribution in [3.05, 3.63) is 65.2 Å². The zero-order valence-electron chi connectivity index (χ0n) is 12.8. The second-order valence-corrected chi connectivity index (χ2v) is 5.65. The van der Waals surface area contributed by atoms with E-state index in [0.717, 1.165) is 12.3 Å². The molecule has 1 N–H and O–H groups in total. The van der Waals surface area contributed by atoms with Crippen molar-refractivity contribution in [3.8, 4) is 5.75 Å². The third-order valence-corrected chi connectivity index (χ3v) is 4.48. The predicted molar refractivity (Wildman–Crippen MR) is 86.9 cm³/mol. The molecule has 110 valence electrons. The van der Waals surface area contributed by atoms with Crippen molar-refractivity contribution < 1.29 is 4.74 Å². The molecule has 0 amide bonds. The highest BCUT2D eigenvalue weighted by Crippen LogP contribution is 2.41. The van der Waals surface area contributed by atoms with E-state index >= 15 is 0 Å². The zero-order valence-corrected chi connectivity index (χ0v) is 12.8. The van der Waals surface area contributed by atoms with E-state index in [9.17, 15) is 0 Å². The van der Waals surface area contributed by atoms with Gasteiger partial charge in [-0.1, -0.05) is 43.3 Å². The Hall–Kier alpha value is -1.80. The van der Waals surface area contributed by atoms with Gasteiger partial charge >= 0.3 is 0 Å². The quantitative estimate of drug-likeness (QED) is 0.891.